The minimum absolute atomic E-state index is 0.00165. The van der Waals surface area contributed by atoms with Crippen LogP contribution in [0.15, 0.2) is 72.1 Å². The second kappa shape index (κ2) is 10.4. The zero-order chi connectivity index (χ0) is 17.9. The average Bonchev–Trinajstić information content (AvgIpc) is 2.65. The molecule has 2 aromatic rings. The Labute approximate surface area is 151 Å². The second-order valence-corrected chi connectivity index (χ2v) is 6.20. The summed E-state index contributed by atoms with van der Waals surface area (Å²) in [5.41, 5.74) is 0.637. The summed E-state index contributed by atoms with van der Waals surface area (Å²) in [6.45, 7) is 4.22. The molecule has 0 atom stereocenters. The third-order valence-electron chi connectivity index (χ3n) is 3.26. The highest BCUT2D eigenvalue weighted by Crippen LogP contribution is 2.23. The van der Waals surface area contributed by atoms with Crippen LogP contribution >= 0.6 is 11.8 Å². The molecule has 0 radical (unpaired) electrons. The van der Waals surface area contributed by atoms with E-state index in [2.05, 4.69) is 6.58 Å². The zero-order valence-electron chi connectivity index (χ0n) is 13.9. The van der Waals surface area contributed by atoms with Crippen molar-refractivity contribution >= 4 is 22.8 Å². The van der Waals surface area contributed by atoms with Gasteiger partial charge in [0.25, 0.3) is 0 Å². The van der Waals surface area contributed by atoms with Crippen LogP contribution in [0.25, 0.3) is 0 Å². The first-order valence-electron chi connectivity index (χ1n) is 7.98. The predicted octanol–water partition coefficient (Wildman–Crippen LogP) is 4.51. The number of unbranched alkanes of at least 4 members (excludes halogenated alkanes) is 1. The van der Waals surface area contributed by atoms with Gasteiger partial charge < -0.3 is 9.47 Å². The highest BCUT2D eigenvalue weighted by Gasteiger charge is 2.08. The van der Waals surface area contributed by atoms with Crippen LogP contribution in [0, 0.1) is 0 Å². The molecular formula is C20H20O4S. The maximum atomic E-state index is 12.2. The molecule has 5 heteroatoms. The molecule has 2 rings (SSSR count). The van der Waals surface area contributed by atoms with Gasteiger partial charge in [0.1, 0.15) is 5.75 Å². The molecule has 0 aliphatic rings. The molecule has 0 aromatic heterocycles. The van der Waals surface area contributed by atoms with E-state index < -0.39 is 5.97 Å². The fraction of sp³-hybridized carbons (Fsp3) is 0.200. The van der Waals surface area contributed by atoms with E-state index in [1.54, 1.807) is 24.3 Å². The maximum absolute atomic E-state index is 12.2. The first-order chi connectivity index (χ1) is 12.2. The average molecular weight is 356 g/mol. The zero-order valence-corrected chi connectivity index (χ0v) is 14.7. The number of carbonyl (C=O) groups is 2. The van der Waals surface area contributed by atoms with E-state index in [-0.39, 0.29) is 5.12 Å². The Bertz CT molecular complexity index is 695. The van der Waals surface area contributed by atoms with Crippen molar-refractivity contribution in [3.63, 3.8) is 0 Å². The van der Waals surface area contributed by atoms with Crippen LogP contribution in [0.3, 0.4) is 0 Å². The minimum atomic E-state index is -0.408. The van der Waals surface area contributed by atoms with Crippen LogP contribution in [0.5, 0.6) is 5.75 Å². The quantitative estimate of drug-likeness (QED) is 0.286. The lowest BCUT2D eigenvalue weighted by Gasteiger charge is -2.07. The number of ether oxygens (including phenoxy) is 2. The van der Waals surface area contributed by atoms with Crippen molar-refractivity contribution < 1.29 is 19.1 Å². The lowest BCUT2D eigenvalue weighted by molar-refractivity contribution is -0.137. The Morgan fingerprint density at radius 3 is 2.32 bits per heavy atom. The van der Waals surface area contributed by atoms with E-state index in [1.807, 2.05) is 30.3 Å². The van der Waals surface area contributed by atoms with E-state index >= 15 is 0 Å². The van der Waals surface area contributed by atoms with Crippen molar-refractivity contribution in [1.82, 2.24) is 0 Å². The number of rotatable bonds is 9. The van der Waals surface area contributed by atoms with Crippen molar-refractivity contribution in [3.05, 3.63) is 72.8 Å². The van der Waals surface area contributed by atoms with Gasteiger partial charge in [0.05, 0.1) is 13.2 Å². The molecular weight excluding hydrogens is 336 g/mol. The summed E-state index contributed by atoms with van der Waals surface area (Å²) in [5.74, 6) is 0.305. The van der Waals surface area contributed by atoms with Crippen LogP contribution in [-0.2, 0) is 9.53 Å². The molecule has 0 aliphatic carbocycles. The Morgan fingerprint density at radius 1 is 0.960 bits per heavy atom. The van der Waals surface area contributed by atoms with Gasteiger partial charge in [0, 0.05) is 16.5 Å². The Kier molecular flexibility index (Phi) is 7.79. The van der Waals surface area contributed by atoms with Gasteiger partial charge in [0.15, 0.2) is 0 Å². The molecule has 2 aromatic carbocycles. The van der Waals surface area contributed by atoms with Crippen LogP contribution < -0.4 is 4.74 Å². The second-order valence-electron chi connectivity index (χ2n) is 5.15. The van der Waals surface area contributed by atoms with E-state index in [0.717, 1.165) is 23.8 Å². The van der Waals surface area contributed by atoms with E-state index in [4.69, 9.17) is 9.47 Å². The number of hydrogen-bond acceptors (Lipinski definition) is 5. The van der Waals surface area contributed by atoms with Gasteiger partial charge in [-0.1, -0.05) is 24.8 Å². The summed E-state index contributed by atoms with van der Waals surface area (Å²) < 4.78 is 10.5. The number of hydrogen-bond donors (Lipinski definition) is 0. The maximum Gasteiger partial charge on any atom is 0.330 e. The standard InChI is InChI=1S/C20H20O4S/c1-2-19(21)24-15-7-6-14-23-17-12-10-16(11-13-17)20(22)25-18-8-4-3-5-9-18/h2-5,8-13H,1,6-7,14-15H2. The summed E-state index contributed by atoms with van der Waals surface area (Å²) >= 11 is 1.21. The molecule has 0 fully saturated rings. The molecule has 0 bridgehead atoms. The van der Waals surface area contributed by atoms with Gasteiger partial charge in [-0.3, -0.25) is 4.79 Å². The van der Waals surface area contributed by atoms with Gasteiger partial charge in [-0.05, 0) is 61.0 Å². The van der Waals surface area contributed by atoms with Crippen molar-refractivity contribution in [2.75, 3.05) is 13.2 Å². The van der Waals surface area contributed by atoms with Crippen molar-refractivity contribution in [2.24, 2.45) is 0 Å². The normalized spacial score (nSPS) is 10.1. The van der Waals surface area contributed by atoms with Crippen molar-refractivity contribution in [2.45, 2.75) is 17.7 Å². The van der Waals surface area contributed by atoms with Gasteiger partial charge in [0.2, 0.25) is 5.12 Å². The fourth-order valence-corrected chi connectivity index (χ4v) is 2.73. The summed E-state index contributed by atoms with van der Waals surface area (Å²) in [4.78, 5) is 24.0. The molecule has 0 spiro atoms. The summed E-state index contributed by atoms with van der Waals surface area (Å²) in [5, 5.41) is 0.00165. The number of benzene rings is 2. The van der Waals surface area contributed by atoms with Crippen molar-refractivity contribution in [3.8, 4) is 5.75 Å². The molecule has 0 saturated heterocycles. The predicted molar refractivity (Wildman–Crippen MR) is 99.0 cm³/mol. The van der Waals surface area contributed by atoms with Gasteiger partial charge in [-0.25, -0.2) is 4.79 Å². The highest BCUT2D eigenvalue weighted by atomic mass is 32.2. The SMILES string of the molecule is C=CC(=O)OCCCCOc1ccc(C(=O)Sc2ccccc2)cc1. The minimum Gasteiger partial charge on any atom is -0.494 e. The van der Waals surface area contributed by atoms with Crippen LogP contribution in [-0.4, -0.2) is 24.3 Å². The van der Waals surface area contributed by atoms with Crippen LogP contribution in [0.1, 0.15) is 23.2 Å². The molecule has 0 heterocycles. The molecule has 25 heavy (non-hydrogen) atoms. The fourth-order valence-electron chi connectivity index (χ4n) is 1.97. The number of esters is 1. The highest BCUT2D eigenvalue weighted by molar-refractivity contribution is 8.14. The Morgan fingerprint density at radius 2 is 1.64 bits per heavy atom. The lowest BCUT2D eigenvalue weighted by Crippen LogP contribution is -2.04. The first kappa shape index (κ1) is 18.8. The van der Waals surface area contributed by atoms with Gasteiger partial charge in [-0.15, -0.1) is 0 Å². The van der Waals surface area contributed by atoms with Crippen molar-refractivity contribution in [1.29, 1.82) is 0 Å². The van der Waals surface area contributed by atoms with E-state index in [9.17, 15) is 9.59 Å². The first-order valence-corrected chi connectivity index (χ1v) is 8.80. The Balaban J connectivity index is 1.71. The summed E-state index contributed by atoms with van der Waals surface area (Å²) in [7, 11) is 0. The molecule has 0 amide bonds. The molecule has 130 valence electrons. The molecule has 0 saturated carbocycles. The van der Waals surface area contributed by atoms with Crippen LogP contribution in [0.2, 0.25) is 0 Å². The largest absolute Gasteiger partial charge is 0.494 e. The lowest BCUT2D eigenvalue weighted by atomic mass is 10.2. The molecule has 0 unspecified atom stereocenters. The number of thioether (sulfide) groups is 1. The Hall–Kier alpha value is -2.53. The summed E-state index contributed by atoms with van der Waals surface area (Å²) in [6, 6.07) is 16.7. The van der Waals surface area contributed by atoms with E-state index in [0.29, 0.717) is 24.5 Å². The van der Waals surface area contributed by atoms with E-state index in [1.165, 1.54) is 11.8 Å². The van der Waals surface area contributed by atoms with Gasteiger partial charge >= 0.3 is 5.97 Å². The molecule has 0 aliphatic heterocycles. The summed E-state index contributed by atoms with van der Waals surface area (Å²) in [6.07, 6.45) is 2.65. The third kappa shape index (κ3) is 6.85. The van der Waals surface area contributed by atoms with Crippen LogP contribution in [0.4, 0.5) is 0 Å². The molecule has 4 nitrogen and oxygen atoms in total. The smallest absolute Gasteiger partial charge is 0.330 e. The molecule has 0 N–H and O–H groups in total. The third-order valence-corrected chi connectivity index (χ3v) is 4.19. The monoisotopic (exact) mass is 356 g/mol. The van der Waals surface area contributed by atoms with Gasteiger partial charge in [-0.2, -0.15) is 0 Å². The topological polar surface area (TPSA) is 52.6 Å². The number of carbonyl (C=O) groups excluding carboxylic acids is 2.